The molecular weight excluding hydrogens is 392 g/mol. The molecule has 0 saturated carbocycles. The first-order valence-electron chi connectivity index (χ1n) is 9.14. The second-order valence-electron chi connectivity index (χ2n) is 6.66. The summed E-state index contributed by atoms with van der Waals surface area (Å²) >= 11 is 0. The second kappa shape index (κ2) is 10.2. The lowest BCUT2D eigenvalue weighted by Crippen LogP contribution is -3.14. The number of amides is 2. The molecule has 0 radical (unpaired) electrons. The number of ether oxygens (including phenoxy) is 2. The molecule has 2 aromatic rings. The summed E-state index contributed by atoms with van der Waals surface area (Å²) in [6.45, 7) is 1.74. The van der Waals surface area contributed by atoms with Crippen LogP contribution in [0.15, 0.2) is 42.5 Å². The number of nitrogens with one attached hydrogen (secondary N) is 3. The minimum Gasteiger partial charge on any atom is -0.497 e. The number of hydrogen-bond donors (Lipinski definition) is 3. The van der Waals surface area contributed by atoms with Crippen molar-refractivity contribution in [3.8, 4) is 11.5 Å². The fourth-order valence-corrected chi connectivity index (χ4v) is 2.67. The Morgan fingerprint density at radius 3 is 2.50 bits per heavy atom. The standard InChI is InChI=1S/C20H24N4O6/c1-13(20(26)22-17-9-8-15(24(27)28)11-18(17)30-4)23(2)12-19(25)21-14-6-5-7-16(10-14)29-3/h5-11,13H,12H2,1-4H3,(H,21,25)(H,22,26)/p+1/t13-/m1/s1. The van der Waals surface area contributed by atoms with Crippen LogP contribution in [0.25, 0.3) is 0 Å². The van der Waals surface area contributed by atoms with Crippen LogP contribution in [-0.4, -0.2) is 50.6 Å². The molecule has 0 saturated heterocycles. The van der Waals surface area contributed by atoms with Gasteiger partial charge in [0.1, 0.15) is 11.5 Å². The normalized spacial score (nSPS) is 12.4. The Labute approximate surface area is 173 Å². The van der Waals surface area contributed by atoms with Gasteiger partial charge in [0.15, 0.2) is 12.6 Å². The maximum Gasteiger partial charge on any atom is 0.282 e. The first kappa shape index (κ1) is 22.6. The molecular formula is C20H25N4O6+. The maximum atomic E-state index is 12.6. The predicted molar refractivity (Wildman–Crippen MR) is 111 cm³/mol. The molecule has 3 N–H and O–H groups in total. The van der Waals surface area contributed by atoms with Crippen molar-refractivity contribution >= 4 is 28.9 Å². The number of hydrogen-bond acceptors (Lipinski definition) is 6. The Hall–Kier alpha value is -3.66. The van der Waals surface area contributed by atoms with Crippen LogP contribution in [0.1, 0.15) is 6.92 Å². The van der Waals surface area contributed by atoms with Gasteiger partial charge in [-0.25, -0.2) is 0 Å². The lowest BCUT2D eigenvalue weighted by molar-refractivity contribution is -0.885. The molecule has 0 aliphatic rings. The maximum absolute atomic E-state index is 12.6. The highest BCUT2D eigenvalue weighted by molar-refractivity contribution is 5.96. The third-order valence-electron chi connectivity index (χ3n) is 4.58. The van der Waals surface area contributed by atoms with Gasteiger partial charge in [-0.15, -0.1) is 0 Å². The van der Waals surface area contributed by atoms with Crippen molar-refractivity contribution in [2.45, 2.75) is 13.0 Å². The molecule has 2 atom stereocenters. The van der Waals surface area contributed by atoms with E-state index >= 15 is 0 Å². The van der Waals surface area contributed by atoms with Crippen LogP contribution in [0.5, 0.6) is 11.5 Å². The van der Waals surface area contributed by atoms with Gasteiger partial charge in [0.2, 0.25) is 0 Å². The molecule has 30 heavy (non-hydrogen) atoms. The number of nitro groups is 1. The summed E-state index contributed by atoms with van der Waals surface area (Å²) < 4.78 is 10.3. The highest BCUT2D eigenvalue weighted by Crippen LogP contribution is 2.29. The first-order valence-corrected chi connectivity index (χ1v) is 9.14. The predicted octanol–water partition coefficient (Wildman–Crippen LogP) is 1.09. The Balaban J connectivity index is 1.98. The number of rotatable bonds is 9. The number of nitro benzene ring substituents is 1. The topological polar surface area (TPSA) is 124 Å². The molecule has 10 nitrogen and oxygen atoms in total. The van der Waals surface area contributed by atoms with Gasteiger partial charge in [-0.05, 0) is 25.1 Å². The van der Waals surface area contributed by atoms with Gasteiger partial charge in [-0.1, -0.05) is 6.07 Å². The number of carbonyl (C=O) groups excluding carboxylic acids is 2. The van der Waals surface area contributed by atoms with E-state index < -0.39 is 11.0 Å². The van der Waals surface area contributed by atoms with Crippen LogP contribution in [0.4, 0.5) is 17.1 Å². The van der Waals surface area contributed by atoms with Gasteiger partial charge >= 0.3 is 0 Å². The average Bonchev–Trinajstić information content (AvgIpc) is 2.73. The summed E-state index contributed by atoms with van der Waals surface area (Å²) in [6.07, 6.45) is 0. The highest BCUT2D eigenvalue weighted by atomic mass is 16.6. The van der Waals surface area contributed by atoms with Crippen molar-refractivity contribution in [1.29, 1.82) is 0 Å². The number of likely N-dealkylation sites (N-methyl/N-ethyl adjacent to an activating group) is 1. The van der Waals surface area contributed by atoms with E-state index in [1.54, 1.807) is 45.3 Å². The number of methoxy groups -OCH3 is 2. The van der Waals surface area contributed by atoms with Gasteiger partial charge in [0, 0.05) is 17.8 Å². The lowest BCUT2D eigenvalue weighted by Gasteiger charge is -2.21. The molecule has 0 fully saturated rings. The van der Waals surface area contributed by atoms with Gasteiger partial charge in [-0.3, -0.25) is 19.7 Å². The summed E-state index contributed by atoms with van der Waals surface area (Å²) in [7, 11) is 4.62. The second-order valence-corrected chi connectivity index (χ2v) is 6.66. The van der Waals surface area contributed by atoms with Crippen LogP contribution in [-0.2, 0) is 9.59 Å². The van der Waals surface area contributed by atoms with Gasteiger partial charge < -0.3 is 25.0 Å². The monoisotopic (exact) mass is 417 g/mol. The van der Waals surface area contributed by atoms with Crippen molar-refractivity contribution in [3.63, 3.8) is 0 Å². The average molecular weight is 417 g/mol. The molecule has 0 heterocycles. The minimum absolute atomic E-state index is 0.0587. The Bertz CT molecular complexity index is 933. The van der Waals surface area contributed by atoms with E-state index in [1.165, 1.54) is 25.3 Å². The number of nitrogens with zero attached hydrogens (tertiary/aromatic N) is 1. The van der Waals surface area contributed by atoms with Crippen LogP contribution in [0.2, 0.25) is 0 Å². The molecule has 2 aromatic carbocycles. The molecule has 0 aliphatic heterocycles. The van der Waals surface area contributed by atoms with Gasteiger partial charge in [0.05, 0.1) is 37.9 Å². The Morgan fingerprint density at radius 1 is 1.13 bits per heavy atom. The van der Waals surface area contributed by atoms with E-state index in [2.05, 4.69) is 10.6 Å². The summed E-state index contributed by atoms with van der Waals surface area (Å²) in [5, 5.41) is 16.3. The van der Waals surface area contributed by atoms with E-state index in [1.807, 2.05) is 0 Å². The van der Waals surface area contributed by atoms with E-state index in [0.717, 1.165) is 0 Å². The van der Waals surface area contributed by atoms with Crippen LogP contribution < -0.4 is 25.0 Å². The first-order chi connectivity index (χ1) is 14.2. The fraction of sp³-hybridized carbons (Fsp3) is 0.300. The summed E-state index contributed by atoms with van der Waals surface area (Å²) in [4.78, 5) is 35.9. The zero-order valence-electron chi connectivity index (χ0n) is 17.2. The van der Waals surface area contributed by atoms with Crippen LogP contribution >= 0.6 is 0 Å². The number of non-ortho nitro benzene ring substituents is 1. The molecule has 10 heteroatoms. The SMILES string of the molecule is COc1cccc(NC(=O)C[NH+](C)[C@H](C)C(=O)Nc2ccc([N+](=O)[O-])cc2OC)c1. The molecule has 0 aromatic heterocycles. The largest absolute Gasteiger partial charge is 0.497 e. The number of benzene rings is 2. The third kappa shape index (κ3) is 5.92. The number of anilines is 2. The molecule has 0 aliphatic carbocycles. The van der Waals surface area contributed by atoms with E-state index in [0.29, 0.717) is 22.0 Å². The molecule has 1 unspecified atom stereocenters. The van der Waals surface area contributed by atoms with Crippen molar-refractivity contribution in [2.24, 2.45) is 0 Å². The zero-order chi connectivity index (χ0) is 22.3. The Morgan fingerprint density at radius 2 is 1.87 bits per heavy atom. The van der Waals surface area contributed by atoms with Gasteiger partial charge in [0.25, 0.3) is 17.5 Å². The smallest absolute Gasteiger partial charge is 0.282 e. The quantitative estimate of drug-likeness (QED) is 0.414. The molecule has 2 rings (SSSR count). The minimum atomic E-state index is -0.569. The highest BCUT2D eigenvalue weighted by Gasteiger charge is 2.25. The van der Waals surface area contributed by atoms with Crippen molar-refractivity contribution in [1.82, 2.24) is 0 Å². The summed E-state index contributed by atoms with van der Waals surface area (Å²) in [5.41, 5.74) is 0.767. The van der Waals surface area contributed by atoms with E-state index in [9.17, 15) is 19.7 Å². The number of carbonyl (C=O) groups is 2. The summed E-state index contributed by atoms with van der Waals surface area (Å²) in [5.74, 6) is 0.193. The Kier molecular flexibility index (Phi) is 7.70. The zero-order valence-corrected chi connectivity index (χ0v) is 17.2. The number of quaternary nitrogens is 1. The fourth-order valence-electron chi connectivity index (χ4n) is 2.67. The van der Waals surface area contributed by atoms with E-state index in [4.69, 9.17) is 9.47 Å². The van der Waals surface area contributed by atoms with E-state index in [-0.39, 0.29) is 29.8 Å². The molecule has 2 amide bonds. The third-order valence-corrected chi connectivity index (χ3v) is 4.58. The lowest BCUT2D eigenvalue weighted by atomic mass is 10.2. The van der Waals surface area contributed by atoms with Crippen molar-refractivity contribution in [3.05, 3.63) is 52.6 Å². The summed E-state index contributed by atoms with van der Waals surface area (Å²) in [6, 6.07) is 10.3. The van der Waals surface area contributed by atoms with Crippen LogP contribution in [0, 0.1) is 10.1 Å². The molecule has 0 bridgehead atoms. The van der Waals surface area contributed by atoms with Crippen molar-refractivity contribution in [2.75, 3.05) is 38.4 Å². The molecule has 160 valence electrons. The van der Waals surface area contributed by atoms with Crippen molar-refractivity contribution < 1.29 is 28.9 Å². The molecule has 0 spiro atoms. The van der Waals surface area contributed by atoms with Gasteiger partial charge in [-0.2, -0.15) is 0 Å². The van der Waals surface area contributed by atoms with Crippen LogP contribution in [0.3, 0.4) is 0 Å².